The van der Waals surface area contributed by atoms with Gasteiger partial charge >= 0.3 is 6.16 Å². The normalized spacial score (nSPS) is 13.9. The van der Waals surface area contributed by atoms with Crippen LogP contribution in [0.2, 0.25) is 0 Å². The quantitative estimate of drug-likeness (QED) is 0.384. The number of nitrogens with one attached hydrogen (secondary N) is 2. The molecule has 1 amide bonds. The highest BCUT2D eigenvalue weighted by atomic mass is 19.1. The zero-order valence-corrected chi connectivity index (χ0v) is 19.5. The van der Waals surface area contributed by atoms with Crippen molar-refractivity contribution in [3.05, 3.63) is 48.0 Å². The average Bonchev–Trinajstić information content (AvgIpc) is 2.86. The molecule has 0 spiro atoms. The number of amides is 1. The van der Waals surface area contributed by atoms with Gasteiger partial charge in [0.15, 0.2) is 0 Å². The van der Waals surface area contributed by atoms with Crippen molar-refractivity contribution in [2.24, 2.45) is 0 Å². The van der Waals surface area contributed by atoms with E-state index in [-0.39, 0.29) is 17.3 Å². The summed E-state index contributed by atoms with van der Waals surface area (Å²) in [4.78, 5) is 34.6. The molecule has 0 atom stereocenters. The van der Waals surface area contributed by atoms with Gasteiger partial charge in [0.25, 0.3) is 0 Å². The minimum absolute atomic E-state index is 0.0648. The number of ether oxygens (including phenoxy) is 3. The fraction of sp³-hybridized carbons (Fsp3) is 0.333. The maximum absolute atomic E-state index is 14.6. The van der Waals surface area contributed by atoms with E-state index in [0.717, 1.165) is 13.1 Å². The molecule has 1 aliphatic rings. The van der Waals surface area contributed by atoms with Crippen LogP contribution in [0.15, 0.2) is 36.7 Å². The van der Waals surface area contributed by atoms with Crippen LogP contribution in [0, 0.1) is 12.7 Å². The summed E-state index contributed by atoms with van der Waals surface area (Å²) in [7, 11) is 1.19. The van der Waals surface area contributed by atoms with E-state index < -0.39 is 12.0 Å². The third-order valence-electron chi connectivity index (χ3n) is 5.56. The smallest absolute Gasteiger partial charge is 0.437 e. The molecule has 1 aliphatic heterocycles. The number of rotatable bonds is 7. The maximum atomic E-state index is 14.6. The molecule has 10 nitrogen and oxygen atoms in total. The second kappa shape index (κ2) is 11.1. The average molecular weight is 484 g/mol. The van der Waals surface area contributed by atoms with E-state index >= 15 is 0 Å². The Morgan fingerprint density at radius 2 is 1.97 bits per heavy atom. The first-order chi connectivity index (χ1) is 16.9. The number of hydrogen-bond donors (Lipinski definition) is 2. The Labute approximate surface area is 201 Å². The van der Waals surface area contributed by atoms with Crippen molar-refractivity contribution in [2.75, 3.05) is 50.6 Å². The summed E-state index contributed by atoms with van der Waals surface area (Å²) in [6.45, 7) is 5.31. The highest BCUT2D eigenvalue weighted by molar-refractivity contribution is 5.96. The fourth-order valence-corrected chi connectivity index (χ4v) is 3.66. The van der Waals surface area contributed by atoms with Crippen LogP contribution in [-0.4, -0.2) is 66.9 Å². The Balaban J connectivity index is 1.48. The maximum Gasteiger partial charge on any atom is 0.513 e. The number of carbonyl (C=O) groups is 2. The molecular formula is C24H26FN5O5. The van der Waals surface area contributed by atoms with E-state index in [1.165, 1.54) is 25.6 Å². The van der Waals surface area contributed by atoms with E-state index in [4.69, 9.17) is 9.47 Å². The van der Waals surface area contributed by atoms with Crippen molar-refractivity contribution in [1.82, 2.24) is 14.9 Å². The molecule has 184 valence electrons. The van der Waals surface area contributed by atoms with Crippen LogP contribution in [0.4, 0.5) is 26.4 Å². The molecular weight excluding hydrogens is 457 g/mol. The minimum atomic E-state index is -0.905. The van der Waals surface area contributed by atoms with Crippen LogP contribution in [0.25, 0.3) is 10.9 Å². The van der Waals surface area contributed by atoms with Crippen molar-refractivity contribution in [3.63, 3.8) is 0 Å². The molecule has 2 heterocycles. The molecule has 0 radical (unpaired) electrons. The van der Waals surface area contributed by atoms with Crippen LogP contribution >= 0.6 is 0 Å². The summed E-state index contributed by atoms with van der Waals surface area (Å²) in [5.74, 6) is -0.133. The van der Waals surface area contributed by atoms with Crippen molar-refractivity contribution in [1.29, 1.82) is 0 Å². The number of halogens is 1. The van der Waals surface area contributed by atoms with Crippen molar-refractivity contribution in [2.45, 2.75) is 13.3 Å². The molecule has 4 rings (SSSR count). The summed E-state index contributed by atoms with van der Waals surface area (Å²) in [5, 5.41) is 6.44. The highest BCUT2D eigenvalue weighted by Crippen LogP contribution is 2.31. The predicted molar refractivity (Wildman–Crippen MR) is 127 cm³/mol. The Morgan fingerprint density at radius 1 is 1.17 bits per heavy atom. The lowest BCUT2D eigenvalue weighted by Gasteiger charge is -2.26. The zero-order chi connectivity index (χ0) is 24.8. The molecule has 0 unspecified atom stereocenters. The number of hydrogen-bond acceptors (Lipinski definition) is 9. The van der Waals surface area contributed by atoms with Gasteiger partial charge in [-0.3, -0.25) is 9.69 Å². The summed E-state index contributed by atoms with van der Waals surface area (Å²) in [5.41, 5.74) is 1.66. The summed E-state index contributed by atoms with van der Waals surface area (Å²) in [6, 6.07) is 7.81. The van der Waals surface area contributed by atoms with Gasteiger partial charge in [-0.15, -0.1) is 0 Å². The van der Waals surface area contributed by atoms with Crippen LogP contribution < -0.4 is 15.4 Å². The molecule has 1 saturated heterocycles. The Bertz CT molecular complexity index is 1230. The Morgan fingerprint density at radius 3 is 2.74 bits per heavy atom. The number of aromatic nitrogens is 2. The van der Waals surface area contributed by atoms with Crippen LogP contribution in [0.1, 0.15) is 12.0 Å². The van der Waals surface area contributed by atoms with Gasteiger partial charge in [0.05, 0.1) is 31.5 Å². The molecule has 0 aliphatic carbocycles. The predicted octanol–water partition coefficient (Wildman–Crippen LogP) is 3.63. The van der Waals surface area contributed by atoms with Gasteiger partial charge in [-0.05, 0) is 36.8 Å². The van der Waals surface area contributed by atoms with Crippen LogP contribution in [0.5, 0.6) is 5.75 Å². The number of benzene rings is 2. The monoisotopic (exact) mass is 483 g/mol. The summed E-state index contributed by atoms with van der Waals surface area (Å²) >= 11 is 0. The molecule has 2 aromatic carbocycles. The standard InChI is InChI=1S/C24H26FN5O5/c1-15-11-18(25)20(13-21(15)35-24(32)33-2)29-23-17-4-3-16(12-19(17)26-14-27-23)28-22(31)5-6-30-7-9-34-10-8-30/h3-4,11-14H,5-10H2,1-2H3,(H,28,31)(H,26,27,29). The zero-order valence-electron chi connectivity index (χ0n) is 19.5. The van der Waals surface area contributed by atoms with E-state index in [9.17, 15) is 14.0 Å². The fourth-order valence-electron chi connectivity index (χ4n) is 3.66. The summed E-state index contributed by atoms with van der Waals surface area (Å²) < 4.78 is 29.5. The van der Waals surface area contributed by atoms with Gasteiger partial charge in [-0.25, -0.2) is 19.2 Å². The molecule has 1 fully saturated rings. The first kappa shape index (κ1) is 24.3. The number of methoxy groups -OCH3 is 1. The third-order valence-corrected chi connectivity index (χ3v) is 5.56. The lowest BCUT2D eigenvalue weighted by Crippen LogP contribution is -2.38. The molecule has 11 heteroatoms. The largest absolute Gasteiger partial charge is 0.513 e. The van der Waals surface area contributed by atoms with E-state index in [1.807, 2.05) is 0 Å². The van der Waals surface area contributed by atoms with Gasteiger partial charge in [0.1, 0.15) is 23.7 Å². The third kappa shape index (κ3) is 6.19. The molecule has 0 bridgehead atoms. The summed E-state index contributed by atoms with van der Waals surface area (Å²) in [6.07, 6.45) is 0.807. The van der Waals surface area contributed by atoms with Gasteiger partial charge in [0.2, 0.25) is 5.91 Å². The van der Waals surface area contributed by atoms with Crippen LogP contribution in [-0.2, 0) is 14.3 Å². The SMILES string of the molecule is COC(=O)Oc1cc(Nc2ncnc3cc(NC(=O)CCN4CCOCC4)ccc23)c(F)cc1C. The molecule has 3 aromatic rings. The van der Waals surface area contributed by atoms with Gasteiger partial charge in [0, 0.05) is 43.2 Å². The molecule has 35 heavy (non-hydrogen) atoms. The lowest BCUT2D eigenvalue weighted by atomic mass is 10.1. The second-order valence-electron chi connectivity index (χ2n) is 7.99. The Kier molecular flexibility index (Phi) is 7.68. The highest BCUT2D eigenvalue weighted by Gasteiger charge is 2.15. The van der Waals surface area contributed by atoms with Crippen molar-refractivity contribution < 1.29 is 28.2 Å². The minimum Gasteiger partial charge on any atom is -0.437 e. The second-order valence-corrected chi connectivity index (χ2v) is 7.99. The van der Waals surface area contributed by atoms with E-state index in [0.29, 0.717) is 54.2 Å². The number of fused-ring (bicyclic) bond motifs is 1. The molecule has 0 saturated carbocycles. The van der Waals surface area contributed by atoms with Crippen LogP contribution in [0.3, 0.4) is 0 Å². The number of morpholine rings is 1. The number of anilines is 3. The lowest BCUT2D eigenvalue weighted by molar-refractivity contribution is -0.116. The van der Waals surface area contributed by atoms with E-state index in [2.05, 4.69) is 30.2 Å². The van der Waals surface area contributed by atoms with E-state index in [1.54, 1.807) is 25.1 Å². The first-order valence-corrected chi connectivity index (χ1v) is 11.1. The van der Waals surface area contributed by atoms with Crippen molar-refractivity contribution >= 4 is 40.2 Å². The number of aryl methyl sites for hydroxylation is 1. The van der Waals surface area contributed by atoms with Gasteiger partial charge in [-0.2, -0.15) is 0 Å². The Hall–Kier alpha value is -3.83. The van der Waals surface area contributed by atoms with Gasteiger partial charge in [-0.1, -0.05) is 0 Å². The topological polar surface area (TPSA) is 115 Å². The number of carbonyl (C=O) groups excluding carboxylic acids is 2. The number of nitrogens with zero attached hydrogens (tertiary/aromatic N) is 3. The first-order valence-electron chi connectivity index (χ1n) is 11.1. The molecule has 2 N–H and O–H groups in total. The van der Waals surface area contributed by atoms with Crippen molar-refractivity contribution in [3.8, 4) is 5.75 Å². The van der Waals surface area contributed by atoms with Gasteiger partial charge < -0.3 is 24.8 Å². The molecule has 1 aromatic heterocycles.